The Balaban J connectivity index is 1.93. The maximum absolute atomic E-state index is 6.19. The lowest BCUT2D eigenvalue weighted by molar-refractivity contribution is 0.585. The summed E-state index contributed by atoms with van der Waals surface area (Å²) in [5, 5.41) is 4.01. The standard InChI is InChI=1S/C14H15ClN4/c15-12-4-2-1-3-11(12)14-17-6-5-13(18-14)19-9-7-16-8-10-19/h1-6,16H,7-10H2. The Kier molecular flexibility index (Phi) is 3.62. The van der Waals surface area contributed by atoms with Crippen molar-refractivity contribution >= 4 is 17.4 Å². The molecule has 0 spiro atoms. The highest BCUT2D eigenvalue weighted by Crippen LogP contribution is 2.25. The molecule has 0 amide bonds. The summed E-state index contributed by atoms with van der Waals surface area (Å²) in [6.45, 7) is 3.93. The van der Waals surface area contributed by atoms with Crippen molar-refractivity contribution in [3.05, 3.63) is 41.6 Å². The topological polar surface area (TPSA) is 41.1 Å². The highest BCUT2D eigenvalue weighted by Gasteiger charge is 2.13. The highest BCUT2D eigenvalue weighted by molar-refractivity contribution is 6.33. The molecule has 0 atom stereocenters. The Hall–Kier alpha value is -1.65. The van der Waals surface area contributed by atoms with Crippen LogP contribution in [0.1, 0.15) is 0 Å². The minimum Gasteiger partial charge on any atom is -0.354 e. The van der Waals surface area contributed by atoms with Crippen LogP contribution < -0.4 is 10.2 Å². The molecule has 1 N–H and O–H groups in total. The van der Waals surface area contributed by atoms with Crippen molar-refractivity contribution in [3.8, 4) is 11.4 Å². The van der Waals surface area contributed by atoms with Crippen LogP contribution in [0.5, 0.6) is 0 Å². The molecule has 1 fully saturated rings. The Morgan fingerprint density at radius 3 is 2.68 bits per heavy atom. The molecule has 0 saturated carbocycles. The first-order valence-electron chi connectivity index (χ1n) is 6.38. The van der Waals surface area contributed by atoms with E-state index in [4.69, 9.17) is 11.6 Å². The quantitative estimate of drug-likeness (QED) is 0.912. The van der Waals surface area contributed by atoms with E-state index < -0.39 is 0 Å². The van der Waals surface area contributed by atoms with Crippen LogP contribution in [0.15, 0.2) is 36.5 Å². The number of aromatic nitrogens is 2. The molecule has 3 rings (SSSR count). The van der Waals surface area contributed by atoms with Gasteiger partial charge in [0.2, 0.25) is 0 Å². The predicted octanol–water partition coefficient (Wildman–Crippen LogP) is 2.21. The smallest absolute Gasteiger partial charge is 0.163 e. The fraction of sp³-hybridized carbons (Fsp3) is 0.286. The van der Waals surface area contributed by atoms with Crippen LogP contribution in [0.3, 0.4) is 0 Å². The van der Waals surface area contributed by atoms with Crippen LogP contribution in [0.4, 0.5) is 5.82 Å². The summed E-state index contributed by atoms with van der Waals surface area (Å²) in [6, 6.07) is 9.61. The number of nitrogens with one attached hydrogen (secondary N) is 1. The zero-order valence-electron chi connectivity index (χ0n) is 10.5. The number of anilines is 1. The third-order valence-corrected chi connectivity index (χ3v) is 3.53. The Bertz CT molecular complexity index is 567. The highest BCUT2D eigenvalue weighted by atomic mass is 35.5. The number of nitrogens with zero attached hydrogens (tertiary/aromatic N) is 3. The first kappa shape index (κ1) is 12.4. The number of hydrogen-bond acceptors (Lipinski definition) is 4. The van der Waals surface area contributed by atoms with Gasteiger partial charge in [0, 0.05) is 37.9 Å². The summed E-state index contributed by atoms with van der Waals surface area (Å²) in [5.74, 6) is 1.65. The zero-order valence-corrected chi connectivity index (χ0v) is 11.3. The van der Waals surface area contributed by atoms with Gasteiger partial charge in [-0.1, -0.05) is 23.7 Å². The third kappa shape index (κ3) is 2.69. The van der Waals surface area contributed by atoms with Crippen molar-refractivity contribution in [3.63, 3.8) is 0 Å². The zero-order chi connectivity index (χ0) is 13.1. The van der Waals surface area contributed by atoms with Crippen LogP contribution in [0, 0.1) is 0 Å². The van der Waals surface area contributed by atoms with E-state index in [2.05, 4.69) is 20.2 Å². The maximum Gasteiger partial charge on any atom is 0.163 e. The van der Waals surface area contributed by atoms with Crippen LogP contribution in [-0.4, -0.2) is 36.1 Å². The van der Waals surface area contributed by atoms with Gasteiger partial charge in [-0.2, -0.15) is 0 Å². The second-order valence-electron chi connectivity index (χ2n) is 4.46. The lowest BCUT2D eigenvalue weighted by atomic mass is 10.2. The molecule has 0 unspecified atom stereocenters. The van der Waals surface area contributed by atoms with Crippen molar-refractivity contribution in [2.75, 3.05) is 31.1 Å². The number of hydrogen-bond donors (Lipinski definition) is 1. The largest absolute Gasteiger partial charge is 0.354 e. The molecule has 1 aliphatic rings. The van der Waals surface area contributed by atoms with Gasteiger partial charge in [0.1, 0.15) is 5.82 Å². The van der Waals surface area contributed by atoms with Crippen LogP contribution in [-0.2, 0) is 0 Å². The lowest BCUT2D eigenvalue weighted by Crippen LogP contribution is -2.43. The second kappa shape index (κ2) is 5.55. The Morgan fingerprint density at radius 1 is 1.11 bits per heavy atom. The molecular weight excluding hydrogens is 260 g/mol. The summed E-state index contributed by atoms with van der Waals surface area (Å²) in [6.07, 6.45) is 1.79. The Labute approximate surface area is 117 Å². The van der Waals surface area contributed by atoms with E-state index in [0.29, 0.717) is 10.8 Å². The fourth-order valence-electron chi connectivity index (χ4n) is 2.19. The van der Waals surface area contributed by atoms with Crippen molar-refractivity contribution in [1.29, 1.82) is 0 Å². The van der Waals surface area contributed by atoms with Crippen molar-refractivity contribution in [2.24, 2.45) is 0 Å². The first-order valence-corrected chi connectivity index (χ1v) is 6.76. The van der Waals surface area contributed by atoms with Gasteiger partial charge in [-0.15, -0.1) is 0 Å². The van der Waals surface area contributed by atoms with E-state index in [1.54, 1.807) is 6.20 Å². The number of piperazine rings is 1. The molecule has 1 aromatic carbocycles. The molecule has 4 nitrogen and oxygen atoms in total. The van der Waals surface area contributed by atoms with Crippen molar-refractivity contribution in [2.45, 2.75) is 0 Å². The second-order valence-corrected chi connectivity index (χ2v) is 4.86. The summed E-state index contributed by atoms with van der Waals surface area (Å²) in [5.41, 5.74) is 0.876. The molecule has 2 aromatic rings. The van der Waals surface area contributed by atoms with E-state index in [1.807, 2.05) is 30.3 Å². The molecule has 1 aromatic heterocycles. The molecule has 1 saturated heterocycles. The SMILES string of the molecule is Clc1ccccc1-c1nccc(N2CCNCC2)n1. The molecule has 0 radical (unpaired) electrons. The summed E-state index contributed by atoms with van der Waals surface area (Å²) < 4.78 is 0. The first-order chi connectivity index (χ1) is 9.34. The molecule has 0 aliphatic carbocycles. The van der Waals surface area contributed by atoms with Crippen LogP contribution in [0.2, 0.25) is 5.02 Å². The minimum atomic E-state index is 0.681. The average Bonchev–Trinajstić information content (AvgIpc) is 2.49. The van der Waals surface area contributed by atoms with E-state index in [0.717, 1.165) is 37.6 Å². The third-order valence-electron chi connectivity index (χ3n) is 3.20. The molecule has 2 heterocycles. The average molecular weight is 275 g/mol. The van der Waals surface area contributed by atoms with Gasteiger partial charge >= 0.3 is 0 Å². The normalized spacial score (nSPS) is 15.5. The monoisotopic (exact) mass is 274 g/mol. The Morgan fingerprint density at radius 2 is 1.89 bits per heavy atom. The van der Waals surface area contributed by atoms with Crippen molar-refractivity contribution < 1.29 is 0 Å². The van der Waals surface area contributed by atoms with Gasteiger partial charge in [0.15, 0.2) is 5.82 Å². The fourth-order valence-corrected chi connectivity index (χ4v) is 2.41. The van der Waals surface area contributed by atoms with Crippen LogP contribution >= 0.6 is 11.6 Å². The summed E-state index contributed by atoms with van der Waals surface area (Å²) in [7, 11) is 0. The maximum atomic E-state index is 6.19. The van der Waals surface area contributed by atoms with Gasteiger partial charge in [0.05, 0.1) is 5.02 Å². The molecule has 5 heteroatoms. The molecular formula is C14H15ClN4. The predicted molar refractivity (Wildman–Crippen MR) is 77.6 cm³/mol. The van der Waals surface area contributed by atoms with E-state index in [9.17, 15) is 0 Å². The number of rotatable bonds is 2. The van der Waals surface area contributed by atoms with E-state index in [1.165, 1.54) is 0 Å². The van der Waals surface area contributed by atoms with E-state index in [-0.39, 0.29) is 0 Å². The minimum absolute atomic E-state index is 0.681. The van der Waals surface area contributed by atoms with Gasteiger partial charge < -0.3 is 10.2 Å². The number of benzene rings is 1. The molecule has 0 bridgehead atoms. The molecule has 19 heavy (non-hydrogen) atoms. The number of halogens is 1. The lowest BCUT2D eigenvalue weighted by Gasteiger charge is -2.28. The van der Waals surface area contributed by atoms with Crippen LogP contribution in [0.25, 0.3) is 11.4 Å². The summed E-state index contributed by atoms with van der Waals surface area (Å²) >= 11 is 6.19. The van der Waals surface area contributed by atoms with Gasteiger partial charge in [0.25, 0.3) is 0 Å². The van der Waals surface area contributed by atoms with E-state index >= 15 is 0 Å². The van der Waals surface area contributed by atoms with Gasteiger partial charge in [-0.25, -0.2) is 9.97 Å². The van der Waals surface area contributed by atoms with Gasteiger partial charge in [-0.05, 0) is 18.2 Å². The van der Waals surface area contributed by atoms with Crippen molar-refractivity contribution in [1.82, 2.24) is 15.3 Å². The van der Waals surface area contributed by atoms with Gasteiger partial charge in [-0.3, -0.25) is 0 Å². The summed E-state index contributed by atoms with van der Waals surface area (Å²) in [4.78, 5) is 11.2. The molecule has 98 valence electrons. The molecule has 1 aliphatic heterocycles.